The molecule has 0 radical (unpaired) electrons. The zero-order valence-electron chi connectivity index (χ0n) is 16.7. The minimum atomic E-state index is -0.432. The van der Waals surface area contributed by atoms with Gasteiger partial charge in [-0.25, -0.2) is 9.07 Å². The average molecular weight is 444 g/mol. The Morgan fingerprint density at radius 1 is 1.03 bits per heavy atom. The van der Waals surface area contributed by atoms with Crippen LogP contribution in [0, 0.1) is 22.9 Å². The van der Waals surface area contributed by atoms with Crippen LogP contribution in [0.4, 0.5) is 15.8 Å². The second-order valence-electron chi connectivity index (χ2n) is 7.19. The Morgan fingerprint density at radius 2 is 1.61 bits per heavy atom. The van der Waals surface area contributed by atoms with Crippen molar-refractivity contribution in [3.05, 3.63) is 80.9 Å². The van der Waals surface area contributed by atoms with Crippen molar-refractivity contribution < 1.29 is 14.1 Å². The fourth-order valence-electron chi connectivity index (χ4n) is 3.61. The summed E-state index contributed by atoms with van der Waals surface area (Å²) in [6, 6.07) is 12.1. The number of anilines is 1. The molecule has 1 amide bonds. The van der Waals surface area contributed by atoms with Crippen molar-refractivity contribution >= 4 is 28.9 Å². The van der Waals surface area contributed by atoms with E-state index in [0.29, 0.717) is 43.1 Å². The number of carbonyl (C=O) groups excluding carboxylic acids is 1. The van der Waals surface area contributed by atoms with Gasteiger partial charge in [0.15, 0.2) is 0 Å². The van der Waals surface area contributed by atoms with E-state index in [1.807, 2.05) is 0 Å². The molecule has 4 rings (SSSR count). The normalized spacial score (nSPS) is 14.0. The van der Waals surface area contributed by atoms with Crippen molar-refractivity contribution in [2.75, 3.05) is 31.1 Å². The van der Waals surface area contributed by atoms with E-state index in [0.717, 1.165) is 5.69 Å². The molecule has 10 heteroatoms. The number of nitrogens with zero attached hydrogens (tertiary/aromatic N) is 5. The molecule has 1 aliphatic heterocycles. The van der Waals surface area contributed by atoms with E-state index in [-0.39, 0.29) is 22.6 Å². The lowest BCUT2D eigenvalue weighted by Crippen LogP contribution is -2.49. The van der Waals surface area contributed by atoms with Crippen LogP contribution >= 0.6 is 11.6 Å². The molecular formula is C21H19ClFN5O3. The van der Waals surface area contributed by atoms with E-state index >= 15 is 0 Å². The third kappa shape index (κ3) is 4.09. The lowest BCUT2D eigenvalue weighted by atomic mass is 10.2. The Labute approximate surface area is 182 Å². The van der Waals surface area contributed by atoms with Crippen molar-refractivity contribution in [2.45, 2.75) is 6.92 Å². The summed E-state index contributed by atoms with van der Waals surface area (Å²) in [7, 11) is 0. The number of piperazine rings is 1. The molecule has 1 fully saturated rings. The van der Waals surface area contributed by atoms with Crippen LogP contribution < -0.4 is 4.90 Å². The Morgan fingerprint density at radius 3 is 2.19 bits per heavy atom. The second-order valence-corrected chi connectivity index (χ2v) is 7.55. The SMILES string of the molecule is Cc1nn(-c2ccc(F)cc2)c(Cl)c1C(=O)N1CCN(c2ccc([N+](=O)[O-])cc2)CC1. The lowest BCUT2D eigenvalue weighted by Gasteiger charge is -2.36. The Hall–Kier alpha value is -3.46. The molecule has 31 heavy (non-hydrogen) atoms. The number of aromatic nitrogens is 2. The predicted octanol–water partition coefficient (Wildman–Crippen LogP) is 3.84. The molecule has 160 valence electrons. The Kier molecular flexibility index (Phi) is 5.60. The van der Waals surface area contributed by atoms with E-state index in [1.54, 1.807) is 36.1 Å². The molecule has 0 aliphatic carbocycles. The highest BCUT2D eigenvalue weighted by atomic mass is 35.5. The quantitative estimate of drug-likeness (QED) is 0.451. The highest BCUT2D eigenvalue weighted by Crippen LogP contribution is 2.26. The number of nitro groups is 1. The standard InChI is InChI=1S/C21H19ClFN5O3/c1-14-19(20(22)27(24-14)17-4-2-15(23)3-5-17)21(29)26-12-10-25(11-13-26)16-6-8-18(9-7-16)28(30)31/h2-9H,10-13H2,1H3. The summed E-state index contributed by atoms with van der Waals surface area (Å²) in [5.74, 6) is -0.579. The number of rotatable bonds is 4. The van der Waals surface area contributed by atoms with Gasteiger partial charge in [0.1, 0.15) is 11.0 Å². The van der Waals surface area contributed by atoms with Gasteiger partial charge in [-0.1, -0.05) is 11.6 Å². The van der Waals surface area contributed by atoms with E-state index in [1.165, 1.54) is 28.9 Å². The first kappa shape index (κ1) is 20.8. The van der Waals surface area contributed by atoms with Gasteiger partial charge in [-0.2, -0.15) is 5.10 Å². The van der Waals surface area contributed by atoms with Crippen molar-refractivity contribution in [1.29, 1.82) is 0 Å². The topological polar surface area (TPSA) is 84.5 Å². The molecule has 8 nitrogen and oxygen atoms in total. The molecule has 3 aromatic rings. The van der Waals surface area contributed by atoms with Crippen LogP contribution in [0.5, 0.6) is 0 Å². The number of nitro benzene ring substituents is 1. The highest BCUT2D eigenvalue weighted by molar-refractivity contribution is 6.33. The first-order valence-electron chi connectivity index (χ1n) is 9.65. The van der Waals surface area contributed by atoms with E-state index in [2.05, 4.69) is 10.00 Å². The van der Waals surface area contributed by atoms with E-state index in [9.17, 15) is 19.3 Å². The number of halogens is 2. The molecular weight excluding hydrogens is 425 g/mol. The average Bonchev–Trinajstić information content (AvgIpc) is 3.08. The van der Waals surface area contributed by atoms with Crippen molar-refractivity contribution in [1.82, 2.24) is 14.7 Å². The molecule has 2 aromatic carbocycles. The summed E-state index contributed by atoms with van der Waals surface area (Å²) in [5.41, 5.74) is 2.31. The maximum atomic E-state index is 13.2. The number of hydrogen-bond acceptors (Lipinski definition) is 5. The summed E-state index contributed by atoms with van der Waals surface area (Å²) in [4.78, 5) is 27.3. The fourth-order valence-corrected chi connectivity index (χ4v) is 3.96. The van der Waals surface area contributed by atoms with Gasteiger partial charge in [-0.15, -0.1) is 0 Å². The summed E-state index contributed by atoms with van der Waals surface area (Å²) < 4.78 is 14.6. The minimum absolute atomic E-state index is 0.0425. The van der Waals surface area contributed by atoms with Gasteiger partial charge in [0.2, 0.25) is 0 Å². The van der Waals surface area contributed by atoms with Crippen LogP contribution in [0.1, 0.15) is 16.1 Å². The number of amides is 1. The Bertz CT molecular complexity index is 1120. The molecule has 0 N–H and O–H groups in total. The molecule has 0 spiro atoms. The molecule has 1 aromatic heterocycles. The third-order valence-electron chi connectivity index (χ3n) is 5.28. The van der Waals surface area contributed by atoms with Gasteiger partial charge >= 0.3 is 0 Å². The van der Waals surface area contributed by atoms with E-state index in [4.69, 9.17) is 11.6 Å². The molecule has 0 bridgehead atoms. The lowest BCUT2D eigenvalue weighted by molar-refractivity contribution is -0.384. The fraction of sp³-hybridized carbons (Fsp3) is 0.238. The van der Waals surface area contributed by atoms with Crippen LogP contribution in [0.3, 0.4) is 0 Å². The monoisotopic (exact) mass is 443 g/mol. The summed E-state index contributed by atoms with van der Waals surface area (Å²) in [6.45, 7) is 3.85. The van der Waals surface area contributed by atoms with Gasteiger partial charge < -0.3 is 9.80 Å². The zero-order chi connectivity index (χ0) is 22.1. The van der Waals surface area contributed by atoms with Gasteiger partial charge in [-0.3, -0.25) is 14.9 Å². The number of non-ortho nitro benzene ring substituents is 1. The number of benzene rings is 2. The minimum Gasteiger partial charge on any atom is -0.368 e. The maximum Gasteiger partial charge on any atom is 0.269 e. The zero-order valence-corrected chi connectivity index (χ0v) is 17.4. The number of aryl methyl sites for hydroxylation is 1. The molecule has 2 heterocycles. The molecule has 0 atom stereocenters. The maximum absolute atomic E-state index is 13.2. The second kappa shape index (κ2) is 8.35. The highest BCUT2D eigenvalue weighted by Gasteiger charge is 2.28. The van der Waals surface area contributed by atoms with Gasteiger partial charge in [0.05, 0.1) is 21.9 Å². The largest absolute Gasteiger partial charge is 0.368 e. The molecule has 0 saturated carbocycles. The van der Waals surface area contributed by atoms with Crippen LogP contribution in [0.15, 0.2) is 48.5 Å². The van der Waals surface area contributed by atoms with Crippen molar-refractivity contribution in [3.63, 3.8) is 0 Å². The molecule has 1 saturated heterocycles. The van der Waals surface area contributed by atoms with Crippen molar-refractivity contribution in [2.24, 2.45) is 0 Å². The third-order valence-corrected chi connectivity index (χ3v) is 5.63. The van der Waals surface area contributed by atoms with Gasteiger partial charge in [0.25, 0.3) is 11.6 Å². The van der Waals surface area contributed by atoms with Crippen LogP contribution in [-0.4, -0.2) is 51.7 Å². The van der Waals surface area contributed by atoms with E-state index < -0.39 is 4.92 Å². The van der Waals surface area contributed by atoms with Crippen LogP contribution in [0.2, 0.25) is 5.15 Å². The first-order valence-corrected chi connectivity index (χ1v) is 10.0. The number of hydrogen-bond donors (Lipinski definition) is 0. The number of carbonyl (C=O) groups is 1. The van der Waals surface area contributed by atoms with Gasteiger partial charge in [-0.05, 0) is 43.3 Å². The van der Waals surface area contributed by atoms with Crippen LogP contribution in [-0.2, 0) is 0 Å². The predicted molar refractivity (Wildman–Crippen MR) is 114 cm³/mol. The molecule has 0 unspecified atom stereocenters. The van der Waals surface area contributed by atoms with Crippen molar-refractivity contribution in [3.8, 4) is 5.69 Å². The first-order chi connectivity index (χ1) is 14.8. The summed E-state index contributed by atoms with van der Waals surface area (Å²) >= 11 is 6.48. The summed E-state index contributed by atoms with van der Waals surface area (Å²) in [6.07, 6.45) is 0. The van der Waals surface area contributed by atoms with Gasteiger partial charge in [0, 0.05) is 44.0 Å². The molecule has 1 aliphatic rings. The Balaban J connectivity index is 1.47. The summed E-state index contributed by atoms with van der Waals surface area (Å²) in [5, 5.41) is 15.4. The smallest absolute Gasteiger partial charge is 0.269 e. The van der Waals surface area contributed by atoms with Crippen LogP contribution in [0.25, 0.3) is 5.69 Å².